The molecule has 19 heavy (non-hydrogen) atoms. The van der Waals surface area contributed by atoms with E-state index in [2.05, 4.69) is 16.0 Å². The molecule has 110 valence electrons. The Bertz CT molecular complexity index is 301. The highest BCUT2D eigenvalue weighted by molar-refractivity contribution is 5.81. The van der Waals surface area contributed by atoms with Crippen LogP contribution in [-0.2, 0) is 9.59 Å². The van der Waals surface area contributed by atoms with Crippen molar-refractivity contribution in [3.05, 3.63) is 0 Å². The molecule has 0 radical (unpaired) electrons. The summed E-state index contributed by atoms with van der Waals surface area (Å²) in [5.74, 6) is 0.262. The molecule has 5 nitrogen and oxygen atoms in total. The average Bonchev–Trinajstić information content (AvgIpc) is 2.89. The van der Waals surface area contributed by atoms with Crippen LogP contribution in [0.2, 0.25) is 0 Å². The van der Waals surface area contributed by atoms with Crippen LogP contribution < -0.4 is 16.0 Å². The van der Waals surface area contributed by atoms with Crippen LogP contribution in [0.4, 0.5) is 0 Å². The molecule has 0 aliphatic heterocycles. The van der Waals surface area contributed by atoms with Crippen molar-refractivity contribution in [3.63, 3.8) is 0 Å². The zero-order valence-corrected chi connectivity index (χ0v) is 12.3. The van der Waals surface area contributed by atoms with Gasteiger partial charge in [-0.15, -0.1) is 0 Å². The van der Waals surface area contributed by atoms with Crippen molar-refractivity contribution in [1.29, 1.82) is 0 Å². The molecule has 2 unspecified atom stereocenters. The fourth-order valence-corrected chi connectivity index (χ4v) is 2.32. The summed E-state index contributed by atoms with van der Waals surface area (Å²) in [6.45, 7) is 4.50. The molecule has 0 aromatic carbocycles. The molecule has 0 bridgehead atoms. The van der Waals surface area contributed by atoms with E-state index < -0.39 is 0 Å². The standard InChI is InChI=1S/C14H27N3O2/c1-10(8-13(18)16-9-11(2)15-3)17-14(19)12-6-4-5-7-12/h10-12,15H,4-9H2,1-3H3,(H,16,18)(H,17,19). The van der Waals surface area contributed by atoms with Gasteiger partial charge in [0.25, 0.3) is 0 Å². The average molecular weight is 269 g/mol. The molecule has 0 aromatic heterocycles. The van der Waals surface area contributed by atoms with Gasteiger partial charge in [-0.25, -0.2) is 0 Å². The minimum Gasteiger partial charge on any atom is -0.354 e. The quantitative estimate of drug-likeness (QED) is 0.640. The summed E-state index contributed by atoms with van der Waals surface area (Å²) in [6.07, 6.45) is 4.62. The van der Waals surface area contributed by atoms with Crippen LogP contribution in [0.15, 0.2) is 0 Å². The predicted octanol–water partition coefficient (Wildman–Crippen LogP) is 0.795. The third kappa shape index (κ3) is 6.05. The Hall–Kier alpha value is -1.10. The molecule has 1 rings (SSSR count). The second-order valence-electron chi connectivity index (χ2n) is 5.59. The first-order valence-corrected chi connectivity index (χ1v) is 7.27. The third-order valence-corrected chi connectivity index (χ3v) is 3.70. The lowest BCUT2D eigenvalue weighted by atomic mass is 10.1. The summed E-state index contributed by atoms with van der Waals surface area (Å²) in [7, 11) is 1.86. The van der Waals surface area contributed by atoms with Gasteiger partial charge in [-0.3, -0.25) is 9.59 Å². The predicted molar refractivity (Wildman–Crippen MR) is 75.7 cm³/mol. The summed E-state index contributed by atoms with van der Waals surface area (Å²) >= 11 is 0. The van der Waals surface area contributed by atoms with Crippen LogP contribution in [0.25, 0.3) is 0 Å². The lowest BCUT2D eigenvalue weighted by Gasteiger charge is -2.17. The second kappa shape index (κ2) is 8.15. The molecule has 1 aliphatic carbocycles. The lowest BCUT2D eigenvalue weighted by Crippen LogP contribution is -2.42. The number of carbonyl (C=O) groups is 2. The molecule has 1 saturated carbocycles. The number of rotatable bonds is 7. The Morgan fingerprint density at radius 2 is 1.79 bits per heavy atom. The van der Waals surface area contributed by atoms with E-state index in [0.29, 0.717) is 13.0 Å². The number of amides is 2. The smallest absolute Gasteiger partial charge is 0.223 e. The van der Waals surface area contributed by atoms with Crippen LogP contribution in [0, 0.1) is 5.92 Å². The van der Waals surface area contributed by atoms with Crippen molar-refractivity contribution in [2.75, 3.05) is 13.6 Å². The summed E-state index contributed by atoms with van der Waals surface area (Å²) in [5, 5.41) is 8.85. The van der Waals surface area contributed by atoms with Crippen molar-refractivity contribution in [1.82, 2.24) is 16.0 Å². The monoisotopic (exact) mass is 269 g/mol. The van der Waals surface area contributed by atoms with Crippen LogP contribution in [0.5, 0.6) is 0 Å². The zero-order valence-electron chi connectivity index (χ0n) is 12.3. The number of hydrogen-bond acceptors (Lipinski definition) is 3. The van der Waals surface area contributed by atoms with Crippen molar-refractivity contribution in [2.45, 2.75) is 58.0 Å². The van der Waals surface area contributed by atoms with Gasteiger partial charge >= 0.3 is 0 Å². The van der Waals surface area contributed by atoms with E-state index in [0.717, 1.165) is 25.7 Å². The van der Waals surface area contributed by atoms with Gasteiger partial charge in [0.05, 0.1) is 0 Å². The maximum atomic E-state index is 11.9. The topological polar surface area (TPSA) is 70.2 Å². The third-order valence-electron chi connectivity index (χ3n) is 3.70. The molecule has 3 N–H and O–H groups in total. The van der Waals surface area contributed by atoms with Gasteiger partial charge in [0, 0.05) is 31.0 Å². The fourth-order valence-electron chi connectivity index (χ4n) is 2.32. The summed E-state index contributed by atoms with van der Waals surface area (Å²) in [4.78, 5) is 23.6. The maximum Gasteiger partial charge on any atom is 0.223 e. The van der Waals surface area contributed by atoms with Crippen molar-refractivity contribution in [3.8, 4) is 0 Å². The van der Waals surface area contributed by atoms with Crippen LogP contribution in [-0.4, -0.2) is 37.5 Å². The summed E-state index contributed by atoms with van der Waals surface area (Å²) < 4.78 is 0. The first-order chi connectivity index (χ1) is 9.02. The first-order valence-electron chi connectivity index (χ1n) is 7.27. The highest BCUT2D eigenvalue weighted by atomic mass is 16.2. The lowest BCUT2D eigenvalue weighted by molar-refractivity contribution is -0.126. The van der Waals surface area contributed by atoms with Crippen LogP contribution in [0.3, 0.4) is 0 Å². The highest BCUT2D eigenvalue weighted by Crippen LogP contribution is 2.24. The van der Waals surface area contributed by atoms with Gasteiger partial charge in [0.1, 0.15) is 0 Å². The van der Waals surface area contributed by atoms with E-state index in [4.69, 9.17) is 0 Å². The van der Waals surface area contributed by atoms with E-state index >= 15 is 0 Å². The SMILES string of the molecule is CNC(C)CNC(=O)CC(C)NC(=O)C1CCCC1. The van der Waals surface area contributed by atoms with E-state index in [1.807, 2.05) is 20.9 Å². The molecule has 0 aromatic rings. The van der Waals surface area contributed by atoms with E-state index in [1.54, 1.807) is 0 Å². The molecule has 0 spiro atoms. The summed E-state index contributed by atoms with van der Waals surface area (Å²) in [6, 6.07) is 0.158. The van der Waals surface area contributed by atoms with Crippen molar-refractivity contribution >= 4 is 11.8 Å². The maximum absolute atomic E-state index is 11.9. The highest BCUT2D eigenvalue weighted by Gasteiger charge is 2.24. The molecule has 1 fully saturated rings. The second-order valence-corrected chi connectivity index (χ2v) is 5.59. The molecule has 0 heterocycles. The van der Waals surface area contributed by atoms with Gasteiger partial charge in [0.2, 0.25) is 11.8 Å². The fraction of sp³-hybridized carbons (Fsp3) is 0.857. The number of hydrogen-bond donors (Lipinski definition) is 3. The molecular formula is C14H27N3O2. The van der Waals surface area contributed by atoms with Crippen molar-refractivity contribution < 1.29 is 9.59 Å². The minimum absolute atomic E-state index is 0.0127. The van der Waals surface area contributed by atoms with E-state index in [-0.39, 0.29) is 29.8 Å². The number of nitrogens with one attached hydrogen (secondary N) is 3. The van der Waals surface area contributed by atoms with Gasteiger partial charge in [-0.2, -0.15) is 0 Å². The van der Waals surface area contributed by atoms with Gasteiger partial charge in [-0.05, 0) is 33.7 Å². The van der Waals surface area contributed by atoms with E-state index in [9.17, 15) is 9.59 Å². The van der Waals surface area contributed by atoms with Gasteiger partial charge < -0.3 is 16.0 Å². The molecule has 2 amide bonds. The van der Waals surface area contributed by atoms with E-state index in [1.165, 1.54) is 0 Å². The Kier molecular flexibility index (Phi) is 6.84. The minimum atomic E-state index is -0.0991. The van der Waals surface area contributed by atoms with Gasteiger partial charge in [-0.1, -0.05) is 12.8 Å². The summed E-state index contributed by atoms with van der Waals surface area (Å²) in [5.41, 5.74) is 0. The Morgan fingerprint density at radius 1 is 1.16 bits per heavy atom. The number of likely N-dealkylation sites (N-methyl/N-ethyl adjacent to an activating group) is 1. The zero-order chi connectivity index (χ0) is 14.3. The molecule has 5 heteroatoms. The largest absolute Gasteiger partial charge is 0.354 e. The Labute approximate surface area is 115 Å². The normalized spacial score (nSPS) is 18.9. The first kappa shape index (κ1) is 16.0. The molecule has 0 saturated heterocycles. The number of carbonyl (C=O) groups excluding carboxylic acids is 2. The molecule has 2 atom stereocenters. The molecule has 1 aliphatic rings. The van der Waals surface area contributed by atoms with Crippen molar-refractivity contribution in [2.24, 2.45) is 5.92 Å². The molecular weight excluding hydrogens is 242 g/mol. The van der Waals surface area contributed by atoms with Gasteiger partial charge in [0.15, 0.2) is 0 Å². The Morgan fingerprint density at radius 3 is 2.37 bits per heavy atom. The van der Waals surface area contributed by atoms with Crippen LogP contribution in [0.1, 0.15) is 46.0 Å². The van der Waals surface area contributed by atoms with Crippen LogP contribution >= 0.6 is 0 Å². The Balaban J connectivity index is 2.20.